The summed E-state index contributed by atoms with van der Waals surface area (Å²) in [6, 6.07) is 0. The summed E-state index contributed by atoms with van der Waals surface area (Å²) < 4.78 is 23.3. The van der Waals surface area contributed by atoms with Gasteiger partial charge >= 0.3 is 0 Å². The Kier molecular flexibility index (Phi) is 6.61. The Morgan fingerprint density at radius 2 is 0.968 bits per heavy atom. The van der Waals surface area contributed by atoms with Gasteiger partial charge in [-0.3, -0.25) is 29.0 Å². The van der Waals surface area contributed by atoms with E-state index < -0.39 is 0 Å². The molecule has 0 bridgehead atoms. The van der Waals surface area contributed by atoms with Crippen LogP contribution in [0.1, 0.15) is 25.7 Å². The first kappa shape index (κ1) is 21.8. The minimum Gasteiger partial charge on any atom is -0.352 e. The number of carbonyl (C=O) groups excluding carboxylic acids is 4. The van der Waals surface area contributed by atoms with Crippen LogP contribution < -0.4 is 0 Å². The van der Waals surface area contributed by atoms with Gasteiger partial charge in [0.1, 0.15) is 0 Å². The molecule has 31 heavy (non-hydrogen) atoms. The van der Waals surface area contributed by atoms with E-state index in [4.69, 9.17) is 18.9 Å². The maximum Gasteiger partial charge on any atom is 0.253 e. The molecular weight excluding hydrogens is 408 g/mol. The average molecular weight is 434 g/mol. The van der Waals surface area contributed by atoms with Gasteiger partial charge in [-0.25, -0.2) is 0 Å². The Hall–Kier alpha value is -2.40. The zero-order chi connectivity index (χ0) is 21.8. The number of amides is 4. The van der Waals surface area contributed by atoms with E-state index in [2.05, 4.69) is 0 Å². The van der Waals surface area contributed by atoms with Crippen molar-refractivity contribution in [1.82, 2.24) is 9.80 Å². The van der Waals surface area contributed by atoms with Gasteiger partial charge in [0.25, 0.3) is 23.6 Å². The number of rotatable bonds is 8. The van der Waals surface area contributed by atoms with E-state index in [-0.39, 0.29) is 41.6 Å². The van der Waals surface area contributed by atoms with E-state index in [0.29, 0.717) is 65.2 Å². The molecule has 0 saturated carbocycles. The summed E-state index contributed by atoms with van der Waals surface area (Å²) in [4.78, 5) is 48.6. The Morgan fingerprint density at radius 1 is 0.645 bits per heavy atom. The highest BCUT2D eigenvalue weighted by atomic mass is 16.7. The lowest BCUT2D eigenvalue weighted by molar-refractivity contribution is -0.304. The molecule has 0 aromatic rings. The molecule has 4 rings (SSSR count). The second-order valence-corrected chi connectivity index (χ2v) is 8.21. The van der Waals surface area contributed by atoms with Crippen LogP contribution in [0, 0.1) is 5.41 Å². The van der Waals surface area contributed by atoms with Gasteiger partial charge in [0, 0.05) is 50.2 Å². The number of imide groups is 2. The predicted octanol–water partition coefficient (Wildman–Crippen LogP) is 0.129. The second-order valence-electron chi connectivity index (χ2n) is 8.21. The Morgan fingerprint density at radius 3 is 1.29 bits per heavy atom. The molecule has 0 unspecified atom stereocenters. The molecule has 0 N–H and O–H groups in total. The highest BCUT2D eigenvalue weighted by Crippen LogP contribution is 2.32. The average Bonchev–Trinajstić information content (AvgIpc) is 3.26. The maximum atomic E-state index is 11.6. The van der Waals surface area contributed by atoms with Crippen LogP contribution in [-0.4, -0.2) is 85.5 Å². The van der Waals surface area contributed by atoms with Crippen LogP contribution in [0.5, 0.6) is 0 Å². The molecule has 4 amide bonds. The van der Waals surface area contributed by atoms with Crippen LogP contribution in [-0.2, 0) is 38.1 Å². The van der Waals surface area contributed by atoms with Gasteiger partial charge in [-0.15, -0.1) is 0 Å². The molecule has 2 fully saturated rings. The monoisotopic (exact) mass is 434 g/mol. The van der Waals surface area contributed by atoms with E-state index in [1.54, 1.807) is 0 Å². The number of ether oxygens (including phenoxy) is 4. The molecule has 0 aliphatic carbocycles. The van der Waals surface area contributed by atoms with Gasteiger partial charge in [-0.2, -0.15) is 0 Å². The summed E-state index contributed by atoms with van der Waals surface area (Å²) in [5.74, 6) is -1.13. The molecule has 0 aromatic heterocycles. The summed E-state index contributed by atoms with van der Waals surface area (Å²) in [7, 11) is 0. The molecule has 0 radical (unpaired) electrons. The number of hydrogen-bond donors (Lipinski definition) is 0. The van der Waals surface area contributed by atoms with Crippen molar-refractivity contribution in [2.75, 3.05) is 39.5 Å². The van der Waals surface area contributed by atoms with Gasteiger partial charge in [0.15, 0.2) is 12.6 Å². The third kappa shape index (κ3) is 5.09. The second kappa shape index (κ2) is 9.39. The number of hydrogen-bond acceptors (Lipinski definition) is 8. The molecule has 0 aromatic carbocycles. The van der Waals surface area contributed by atoms with Crippen LogP contribution in [0.2, 0.25) is 0 Å². The Labute approximate surface area is 179 Å². The molecule has 4 heterocycles. The fraction of sp³-hybridized carbons (Fsp3) is 0.619. The molecule has 1 spiro atoms. The Balaban J connectivity index is 1.11. The lowest BCUT2D eigenvalue weighted by atomic mass is 9.90. The first-order valence-corrected chi connectivity index (χ1v) is 10.5. The quantitative estimate of drug-likeness (QED) is 0.496. The van der Waals surface area contributed by atoms with E-state index in [1.807, 2.05) is 0 Å². The fourth-order valence-corrected chi connectivity index (χ4v) is 3.89. The third-order valence-corrected chi connectivity index (χ3v) is 5.75. The molecule has 10 heteroatoms. The molecule has 4 aliphatic heterocycles. The van der Waals surface area contributed by atoms with Crippen molar-refractivity contribution in [2.24, 2.45) is 5.41 Å². The summed E-state index contributed by atoms with van der Waals surface area (Å²) in [6.45, 7) is 2.45. The van der Waals surface area contributed by atoms with Gasteiger partial charge in [-0.05, 0) is 12.8 Å². The topological polar surface area (TPSA) is 112 Å². The van der Waals surface area contributed by atoms with E-state index in [9.17, 15) is 19.2 Å². The summed E-state index contributed by atoms with van der Waals surface area (Å²) in [6.07, 6.45) is 6.71. The van der Waals surface area contributed by atoms with Crippen molar-refractivity contribution in [2.45, 2.75) is 38.3 Å². The SMILES string of the molecule is O=C1C=CC(=O)N1CCCC1OCC2(CO1)COC(CCCN1C(=O)C=CC1=O)OC2. The van der Waals surface area contributed by atoms with E-state index in [0.717, 1.165) is 0 Å². The molecule has 4 aliphatic rings. The third-order valence-electron chi connectivity index (χ3n) is 5.75. The molecule has 168 valence electrons. The smallest absolute Gasteiger partial charge is 0.253 e. The summed E-state index contributed by atoms with van der Waals surface area (Å²) >= 11 is 0. The standard InChI is InChI=1S/C21H26N2O8/c24-15-5-6-16(25)22(15)9-1-3-19-28-11-21(12-29-19)13-30-20(31-14-21)4-2-10-23-17(26)7-8-18(23)27/h5-8,19-20H,1-4,9-14H2. The lowest BCUT2D eigenvalue weighted by Crippen LogP contribution is -2.52. The first-order chi connectivity index (χ1) is 15.0. The van der Waals surface area contributed by atoms with Crippen LogP contribution >= 0.6 is 0 Å². The fourth-order valence-electron chi connectivity index (χ4n) is 3.89. The van der Waals surface area contributed by atoms with Crippen LogP contribution in [0.25, 0.3) is 0 Å². The highest BCUT2D eigenvalue weighted by molar-refractivity contribution is 6.13. The van der Waals surface area contributed by atoms with Crippen LogP contribution in [0.4, 0.5) is 0 Å². The van der Waals surface area contributed by atoms with Crippen molar-refractivity contribution in [3.63, 3.8) is 0 Å². The van der Waals surface area contributed by atoms with Gasteiger partial charge in [0.05, 0.1) is 31.8 Å². The van der Waals surface area contributed by atoms with Crippen molar-refractivity contribution in [3.05, 3.63) is 24.3 Å². The summed E-state index contributed by atoms with van der Waals surface area (Å²) in [5, 5.41) is 0. The minimum atomic E-state index is -0.381. The van der Waals surface area contributed by atoms with Gasteiger partial charge in [-0.1, -0.05) is 0 Å². The zero-order valence-corrected chi connectivity index (χ0v) is 17.2. The normalized spacial score (nSPS) is 31.0. The summed E-state index contributed by atoms with van der Waals surface area (Å²) in [5.41, 5.74) is -0.359. The minimum absolute atomic E-state index is 0.282. The molecular formula is C21H26N2O8. The van der Waals surface area contributed by atoms with Crippen LogP contribution in [0.3, 0.4) is 0 Å². The number of carbonyl (C=O) groups is 4. The van der Waals surface area contributed by atoms with Crippen LogP contribution in [0.15, 0.2) is 24.3 Å². The molecule has 10 nitrogen and oxygen atoms in total. The molecule has 2 saturated heterocycles. The number of nitrogens with zero attached hydrogens (tertiary/aromatic N) is 2. The van der Waals surface area contributed by atoms with Crippen molar-refractivity contribution >= 4 is 23.6 Å². The highest BCUT2D eigenvalue weighted by Gasteiger charge is 2.42. The van der Waals surface area contributed by atoms with Crippen molar-refractivity contribution < 1.29 is 38.1 Å². The van der Waals surface area contributed by atoms with Crippen molar-refractivity contribution in [3.8, 4) is 0 Å². The maximum absolute atomic E-state index is 11.6. The van der Waals surface area contributed by atoms with E-state index >= 15 is 0 Å². The largest absolute Gasteiger partial charge is 0.352 e. The predicted molar refractivity (Wildman–Crippen MR) is 104 cm³/mol. The van der Waals surface area contributed by atoms with Crippen molar-refractivity contribution in [1.29, 1.82) is 0 Å². The molecule has 0 atom stereocenters. The van der Waals surface area contributed by atoms with Gasteiger partial charge in [0.2, 0.25) is 0 Å². The Bertz CT molecular complexity index is 686. The van der Waals surface area contributed by atoms with E-state index in [1.165, 1.54) is 34.1 Å². The van der Waals surface area contributed by atoms with Gasteiger partial charge < -0.3 is 18.9 Å². The first-order valence-electron chi connectivity index (χ1n) is 10.5. The zero-order valence-electron chi connectivity index (χ0n) is 17.2. The lowest BCUT2D eigenvalue weighted by Gasteiger charge is -2.43.